The number of benzene rings is 2. The van der Waals surface area contributed by atoms with E-state index in [9.17, 15) is 9.59 Å². The Kier molecular flexibility index (Phi) is 5.41. The molecule has 1 atom stereocenters. The van der Waals surface area contributed by atoms with Crippen LogP contribution in [0.3, 0.4) is 0 Å². The van der Waals surface area contributed by atoms with Crippen molar-refractivity contribution in [2.24, 2.45) is 0 Å². The lowest BCUT2D eigenvalue weighted by Gasteiger charge is -2.18. The summed E-state index contributed by atoms with van der Waals surface area (Å²) in [6.45, 7) is 0. The van der Waals surface area contributed by atoms with Gasteiger partial charge in [0.1, 0.15) is 11.5 Å². The van der Waals surface area contributed by atoms with E-state index in [1.165, 1.54) is 14.2 Å². The largest absolute Gasteiger partial charge is 0.497 e. The van der Waals surface area contributed by atoms with Gasteiger partial charge >= 0.3 is 5.97 Å². The molecule has 3 rings (SSSR count). The van der Waals surface area contributed by atoms with Crippen molar-refractivity contribution < 1.29 is 23.8 Å². The van der Waals surface area contributed by atoms with Gasteiger partial charge in [-0.2, -0.15) is 0 Å². The molecule has 0 aromatic heterocycles. The summed E-state index contributed by atoms with van der Waals surface area (Å²) in [6, 6.07) is 13.9. The van der Waals surface area contributed by atoms with E-state index in [2.05, 4.69) is 5.32 Å². The van der Waals surface area contributed by atoms with Gasteiger partial charge in [-0.15, -0.1) is 0 Å². The maximum atomic E-state index is 12.7. The van der Waals surface area contributed by atoms with Crippen molar-refractivity contribution in [3.63, 3.8) is 0 Å². The maximum Gasteiger partial charge on any atom is 0.339 e. The third kappa shape index (κ3) is 4.33. The van der Waals surface area contributed by atoms with E-state index < -0.39 is 12.1 Å². The van der Waals surface area contributed by atoms with Gasteiger partial charge in [-0.3, -0.25) is 4.79 Å². The lowest BCUT2D eigenvalue weighted by atomic mass is 10.1. The molecular weight excluding hydrogens is 334 g/mol. The molecule has 1 amide bonds. The molecular formula is C20H21NO5. The van der Waals surface area contributed by atoms with Crippen LogP contribution in [-0.2, 0) is 9.53 Å². The van der Waals surface area contributed by atoms with Crippen LogP contribution in [0.4, 0.5) is 0 Å². The molecule has 1 aliphatic rings. The average molecular weight is 355 g/mol. The van der Waals surface area contributed by atoms with E-state index >= 15 is 0 Å². The number of carbonyl (C=O) groups is 2. The molecule has 1 saturated carbocycles. The Morgan fingerprint density at radius 3 is 2.15 bits per heavy atom. The van der Waals surface area contributed by atoms with Gasteiger partial charge in [0.25, 0.3) is 5.91 Å². The van der Waals surface area contributed by atoms with E-state index in [0.29, 0.717) is 17.1 Å². The summed E-state index contributed by atoms with van der Waals surface area (Å²) >= 11 is 0. The van der Waals surface area contributed by atoms with E-state index in [1.807, 2.05) is 6.07 Å². The molecule has 0 bridgehead atoms. The third-order valence-electron chi connectivity index (χ3n) is 4.08. The Bertz CT molecular complexity index is 764. The summed E-state index contributed by atoms with van der Waals surface area (Å²) in [5.41, 5.74) is 0.871. The molecule has 26 heavy (non-hydrogen) atoms. The van der Waals surface area contributed by atoms with Crippen molar-refractivity contribution in [1.29, 1.82) is 0 Å². The average Bonchev–Trinajstić information content (AvgIpc) is 3.49. The summed E-state index contributed by atoms with van der Waals surface area (Å²) in [4.78, 5) is 25.2. The molecule has 0 radical (unpaired) electrons. The van der Waals surface area contributed by atoms with Crippen LogP contribution >= 0.6 is 0 Å². The summed E-state index contributed by atoms with van der Waals surface area (Å²) in [5, 5.41) is 2.89. The number of rotatable bonds is 7. The van der Waals surface area contributed by atoms with Crippen LogP contribution in [0, 0.1) is 0 Å². The van der Waals surface area contributed by atoms with Crippen LogP contribution in [0.2, 0.25) is 0 Å². The van der Waals surface area contributed by atoms with Gasteiger partial charge in [0.05, 0.1) is 19.8 Å². The smallest absolute Gasteiger partial charge is 0.339 e. The number of hydrogen-bond acceptors (Lipinski definition) is 5. The van der Waals surface area contributed by atoms with Gasteiger partial charge in [-0.05, 0) is 25.0 Å². The first kappa shape index (κ1) is 17.8. The second-order valence-corrected chi connectivity index (χ2v) is 6.08. The molecule has 6 heteroatoms. The Balaban J connectivity index is 1.83. The van der Waals surface area contributed by atoms with E-state index in [4.69, 9.17) is 14.2 Å². The van der Waals surface area contributed by atoms with Crippen LogP contribution in [-0.4, -0.2) is 32.1 Å². The van der Waals surface area contributed by atoms with Gasteiger partial charge in [0.15, 0.2) is 0 Å². The predicted octanol–water partition coefficient (Wildman–Crippen LogP) is 2.88. The molecule has 2 aromatic carbocycles. The van der Waals surface area contributed by atoms with E-state index in [0.717, 1.165) is 12.8 Å². The quantitative estimate of drug-likeness (QED) is 0.773. The first-order valence-corrected chi connectivity index (χ1v) is 8.40. The molecule has 1 aliphatic carbocycles. The summed E-state index contributed by atoms with van der Waals surface area (Å²) in [7, 11) is 3.00. The van der Waals surface area contributed by atoms with Crippen LogP contribution in [0.5, 0.6) is 11.5 Å². The van der Waals surface area contributed by atoms with Gasteiger partial charge in [-0.25, -0.2) is 4.79 Å². The fourth-order valence-corrected chi connectivity index (χ4v) is 2.51. The minimum absolute atomic E-state index is 0.171. The lowest BCUT2D eigenvalue weighted by molar-refractivity contribution is -0.130. The number of methoxy groups -OCH3 is 2. The van der Waals surface area contributed by atoms with Crippen LogP contribution < -0.4 is 14.8 Å². The van der Waals surface area contributed by atoms with Gasteiger partial charge in [-0.1, -0.05) is 30.3 Å². The van der Waals surface area contributed by atoms with E-state index in [1.54, 1.807) is 42.5 Å². The minimum Gasteiger partial charge on any atom is -0.497 e. The molecule has 2 aromatic rings. The van der Waals surface area contributed by atoms with Gasteiger partial charge in [0, 0.05) is 17.7 Å². The molecule has 6 nitrogen and oxygen atoms in total. The summed E-state index contributed by atoms with van der Waals surface area (Å²) in [6.07, 6.45) is 0.893. The van der Waals surface area contributed by atoms with Crippen molar-refractivity contribution in [2.75, 3.05) is 14.2 Å². The lowest BCUT2D eigenvalue weighted by Crippen LogP contribution is -2.33. The number of ether oxygens (including phenoxy) is 3. The Morgan fingerprint density at radius 2 is 1.62 bits per heavy atom. The van der Waals surface area contributed by atoms with Crippen LogP contribution in [0.25, 0.3) is 0 Å². The highest BCUT2D eigenvalue weighted by molar-refractivity contribution is 5.93. The SMILES string of the molecule is COc1cc(OC)cc(C(=O)O[C@@H](C(=O)NC2CC2)c2ccccc2)c1. The normalized spacial score (nSPS) is 14.2. The molecule has 1 fully saturated rings. The Hall–Kier alpha value is -3.02. The highest BCUT2D eigenvalue weighted by atomic mass is 16.5. The summed E-state index contributed by atoms with van der Waals surface area (Å²) in [5.74, 6) is -0.00565. The maximum absolute atomic E-state index is 12.7. The summed E-state index contributed by atoms with van der Waals surface area (Å²) < 4.78 is 15.9. The van der Waals surface area contributed by atoms with Crippen molar-refractivity contribution in [3.05, 3.63) is 59.7 Å². The highest BCUT2D eigenvalue weighted by Gasteiger charge is 2.31. The zero-order valence-corrected chi connectivity index (χ0v) is 14.7. The second kappa shape index (κ2) is 7.91. The molecule has 0 spiro atoms. The number of nitrogens with one attached hydrogen (secondary N) is 1. The zero-order chi connectivity index (χ0) is 18.5. The van der Waals surface area contributed by atoms with Crippen LogP contribution in [0.1, 0.15) is 34.9 Å². The van der Waals surface area contributed by atoms with Crippen molar-refractivity contribution in [3.8, 4) is 11.5 Å². The van der Waals surface area contributed by atoms with Crippen molar-refractivity contribution in [2.45, 2.75) is 25.0 Å². The van der Waals surface area contributed by atoms with Gasteiger partial charge in [0.2, 0.25) is 6.10 Å². The molecule has 1 N–H and O–H groups in total. The molecule has 0 unspecified atom stereocenters. The Morgan fingerprint density at radius 1 is 1.00 bits per heavy atom. The molecule has 0 saturated heterocycles. The first-order valence-electron chi connectivity index (χ1n) is 8.40. The number of hydrogen-bond donors (Lipinski definition) is 1. The third-order valence-corrected chi connectivity index (χ3v) is 4.08. The van der Waals surface area contributed by atoms with Crippen LogP contribution in [0.15, 0.2) is 48.5 Å². The number of amides is 1. The topological polar surface area (TPSA) is 73.9 Å². The zero-order valence-electron chi connectivity index (χ0n) is 14.7. The fraction of sp³-hybridized carbons (Fsp3) is 0.300. The van der Waals surface area contributed by atoms with E-state index in [-0.39, 0.29) is 17.5 Å². The predicted molar refractivity (Wildman–Crippen MR) is 95.3 cm³/mol. The molecule has 136 valence electrons. The van der Waals surface area contributed by atoms with Crippen molar-refractivity contribution >= 4 is 11.9 Å². The Labute approximate surface area is 152 Å². The number of esters is 1. The standard InChI is InChI=1S/C20H21NO5/c1-24-16-10-14(11-17(12-16)25-2)20(23)26-18(13-6-4-3-5-7-13)19(22)21-15-8-9-15/h3-7,10-12,15,18H,8-9H2,1-2H3,(H,21,22)/t18-/m1/s1. The number of carbonyl (C=O) groups excluding carboxylic acids is 2. The van der Waals surface area contributed by atoms with Gasteiger partial charge < -0.3 is 19.5 Å². The fourth-order valence-electron chi connectivity index (χ4n) is 2.51. The molecule has 0 heterocycles. The monoisotopic (exact) mass is 355 g/mol. The molecule has 0 aliphatic heterocycles. The first-order chi connectivity index (χ1) is 12.6. The minimum atomic E-state index is -1.01. The van der Waals surface area contributed by atoms with Crippen molar-refractivity contribution in [1.82, 2.24) is 5.32 Å². The highest BCUT2D eigenvalue weighted by Crippen LogP contribution is 2.27. The second-order valence-electron chi connectivity index (χ2n) is 6.08.